The first-order chi connectivity index (χ1) is 8.65. The van der Waals surface area contributed by atoms with Crippen LogP contribution in [0.25, 0.3) is 0 Å². The van der Waals surface area contributed by atoms with Gasteiger partial charge in [0.15, 0.2) is 5.78 Å². The van der Waals surface area contributed by atoms with Crippen molar-refractivity contribution in [2.24, 2.45) is 5.92 Å². The van der Waals surface area contributed by atoms with Crippen LogP contribution < -0.4 is 0 Å². The van der Waals surface area contributed by atoms with Crippen LogP contribution in [0.4, 0.5) is 4.79 Å². The summed E-state index contributed by atoms with van der Waals surface area (Å²) in [5.41, 5.74) is 0. The molecule has 0 saturated carbocycles. The molecular weight excluding hydrogens is 302 g/mol. The van der Waals surface area contributed by atoms with E-state index in [9.17, 15) is 9.59 Å². The summed E-state index contributed by atoms with van der Waals surface area (Å²) >= 11 is 3.17. The van der Waals surface area contributed by atoms with Crippen LogP contribution >= 0.6 is 15.9 Å². The van der Waals surface area contributed by atoms with E-state index in [1.165, 1.54) is 0 Å². The minimum absolute atomic E-state index is 0.0721. The van der Waals surface area contributed by atoms with E-state index in [4.69, 9.17) is 9.47 Å². The fourth-order valence-electron chi connectivity index (χ4n) is 2.10. The lowest BCUT2D eigenvalue weighted by atomic mass is 9.98. The minimum atomic E-state index is -0.359. The summed E-state index contributed by atoms with van der Waals surface area (Å²) in [4.78, 5) is 25.3. The van der Waals surface area contributed by atoms with E-state index in [0.29, 0.717) is 31.7 Å². The van der Waals surface area contributed by atoms with Gasteiger partial charge in [0.25, 0.3) is 0 Å². The SMILES string of the molecule is CCCN(C(=O)OCC)C1COCC1C(=O)CBr. The third-order valence-electron chi connectivity index (χ3n) is 2.96. The highest BCUT2D eigenvalue weighted by Crippen LogP contribution is 2.22. The Bertz CT molecular complexity index is 298. The van der Waals surface area contributed by atoms with Crippen molar-refractivity contribution in [3.8, 4) is 0 Å². The normalized spacial score (nSPS) is 22.8. The zero-order valence-corrected chi connectivity index (χ0v) is 12.4. The molecule has 1 saturated heterocycles. The highest BCUT2D eigenvalue weighted by atomic mass is 79.9. The molecule has 104 valence electrons. The molecule has 1 heterocycles. The van der Waals surface area contributed by atoms with E-state index >= 15 is 0 Å². The molecule has 1 aliphatic heterocycles. The summed E-state index contributed by atoms with van der Waals surface area (Å²) in [5, 5.41) is 0.292. The summed E-state index contributed by atoms with van der Waals surface area (Å²) in [6.45, 7) is 5.47. The van der Waals surface area contributed by atoms with E-state index in [1.807, 2.05) is 6.92 Å². The van der Waals surface area contributed by atoms with Crippen LogP contribution in [-0.2, 0) is 14.3 Å². The minimum Gasteiger partial charge on any atom is -0.450 e. The van der Waals surface area contributed by atoms with Crippen LogP contribution in [0.1, 0.15) is 20.3 Å². The number of Topliss-reactive ketones (excluding diaryl/α,β-unsaturated/α-hetero) is 1. The van der Waals surface area contributed by atoms with Crippen LogP contribution in [0.3, 0.4) is 0 Å². The number of ether oxygens (including phenoxy) is 2. The van der Waals surface area contributed by atoms with Gasteiger partial charge in [-0.25, -0.2) is 4.79 Å². The lowest BCUT2D eigenvalue weighted by molar-refractivity contribution is -0.121. The van der Waals surface area contributed by atoms with Crippen molar-refractivity contribution in [3.63, 3.8) is 0 Å². The first kappa shape index (κ1) is 15.4. The van der Waals surface area contributed by atoms with Gasteiger partial charge in [-0.1, -0.05) is 22.9 Å². The zero-order valence-electron chi connectivity index (χ0n) is 10.9. The summed E-state index contributed by atoms with van der Waals surface area (Å²) in [6, 6.07) is -0.200. The second kappa shape index (κ2) is 7.74. The van der Waals surface area contributed by atoms with Crippen LogP contribution in [0.2, 0.25) is 0 Å². The standard InChI is InChI=1S/C12H20BrNO4/c1-3-5-14(12(16)18-4-2)10-8-17-7-9(10)11(15)6-13/h9-10H,3-8H2,1-2H3. The van der Waals surface area contributed by atoms with Gasteiger partial charge in [0.05, 0.1) is 37.1 Å². The maximum absolute atomic E-state index is 11.9. The number of ketones is 1. The first-order valence-electron chi connectivity index (χ1n) is 6.25. The predicted molar refractivity (Wildman–Crippen MR) is 70.9 cm³/mol. The highest BCUT2D eigenvalue weighted by molar-refractivity contribution is 9.09. The molecule has 1 amide bonds. The molecule has 2 unspecified atom stereocenters. The molecule has 2 atom stereocenters. The number of amides is 1. The molecule has 0 aromatic heterocycles. The largest absolute Gasteiger partial charge is 0.450 e. The third kappa shape index (κ3) is 3.68. The zero-order chi connectivity index (χ0) is 13.5. The van der Waals surface area contributed by atoms with Gasteiger partial charge in [0.2, 0.25) is 0 Å². The molecule has 0 bridgehead atoms. The maximum Gasteiger partial charge on any atom is 0.410 e. The molecule has 0 radical (unpaired) electrons. The van der Waals surface area contributed by atoms with Gasteiger partial charge in [-0.05, 0) is 13.3 Å². The Morgan fingerprint density at radius 1 is 1.39 bits per heavy atom. The Hall–Kier alpha value is -0.620. The quantitative estimate of drug-likeness (QED) is 0.700. The Morgan fingerprint density at radius 2 is 2.11 bits per heavy atom. The molecule has 0 aromatic carbocycles. The van der Waals surface area contributed by atoms with Gasteiger partial charge in [-0.2, -0.15) is 0 Å². The van der Waals surface area contributed by atoms with Crippen LogP contribution in [0.5, 0.6) is 0 Å². The molecule has 1 fully saturated rings. The van der Waals surface area contributed by atoms with Crippen molar-refractivity contribution >= 4 is 27.8 Å². The molecule has 6 heteroatoms. The number of hydrogen-bond donors (Lipinski definition) is 0. The van der Waals surface area contributed by atoms with Crippen molar-refractivity contribution in [2.75, 3.05) is 31.7 Å². The molecule has 0 N–H and O–H groups in total. The molecule has 0 spiro atoms. The number of rotatable bonds is 6. The van der Waals surface area contributed by atoms with Gasteiger partial charge in [0, 0.05) is 6.54 Å². The van der Waals surface area contributed by atoms with Crippen LogP contribution in [0, 0.1) is 5.92 Å². The molecule has 1 rings (SSSR count). The number of carbonyl (C=O) groups excluding carboxylic acids is 2. The molecule has 5 nitrogen and oxygen atoms in total. The average Bonchev–Trinajstić information content (AvgIpc) is 2.84. The van der Waals surface area contributed by atoms with Crippen molar-refractivity contribution in [1.29, 1.82) is 0 Å². The second-order valence-corrected chi connectivity index (χ2v) is 4.76. The third-order valence-corrected chi connectivity index (χ3v) is 3.52. The van der Waals surface area contributed by atoms with Gasteiger partial charge in [-0.15, -0.1) is 0 Å². The van der Waals surface area contributed by atoms with Gasteiger partial charge in [-0.3, -0.25) is 4.79 Å². The Morgan fingerprint density at radius 3 is 2.67 bits per heavy atom. The van der Waals surface area contributed by atoms with E-state index < -0.39 is 0 Å². The van der Waals surface area contributed by atoms with Crippen LogP contribution in [-0.4, -0.2) is 54.5 Å². The average molecular weight is 322 g/mol. The molecular formula is C12H20BrNO4. The lowest BCUT2D eigenvalue weighted by Gasteiger charge is -2.29. The number of halogens is 1. The fraction of sp³-hybridized carbons (Fsp3) is 0.833. The van der Waals surface area contributed by atoms with E-state index in [1.54, 1.807) is 11.8 Å². The number of nitrogens with zero attached hydrogens (tertiary/aromatic N) is 1. The molecule has 0 aromatic rings. The lowest BCUT2D eigenvalue weighted by Crippen LogP contribution is -2.47. The van der Waals surface area contributed by atoms with Crippen molar-refractivity contribution in [3.05, 3.63) is 0 Å². The summed E-state index contributed by atoms with van der Waals surface area (Å²) < 4.78 is 10.4. The van der Waals surface area contributed by atoms with Crippen LogP contribution in [0.15, 0.2) is 0 Å². The topological polar surface area (TPSA) is 55.8 Å². The Kier molecular flexibility index (Phi) is 6.63. The fourth-order valence-corrected chi connectivity index (χ4v) is 2.51. The van der Waals surface area contributed by atoms with E-state index in [2.05, 4.69) is 15.9 Å². The predicted octanol–water partition coefficient (Wildman–Crippen LogP) is 1.83. The van der Waals surface area contributed by atoms with Crippen molar-refractivity contribution in [2.45, 2.75) is 26.3 Å². The Labute approximate surface area is 116 Å². The maximum atomic E-state index is 11.9. The second-order valence-electron chi connectivity index (χ2n) is 4.20. The highest BCUT2D eigenvalue weighted by Gasteiger charge is 2.39. The van der Waals surface area contributed by atoms with Gasteiger partial charge >= 0.3 is 6.09 Å². The molecule has 0 aliphatic carbocycles. The van der Waals surface area contributed by atoms with Crippen molar-refractivity contribution in [1.82, 2.24) is 4.90 Å². The van der Waals surface area contributed by atoms with E-state index in [0.717, 1.165) is 6.42 Å². The summed E-state index contributed by atoms with van der Waals surface area (Å²) in [5.74, 6) is -0.178. The van der Waals surface area contributed by atoms with Crippen molar-refractivity contribution < 1.29 is 19.1 Å². The number of alkyl halides is 1. The molecule has 18 heavy (non-hydrogen) atoms. The van der Waals surface area contributed by atoms with Gasteiger partial charge in [0.1, 0.15) is 0 Å². The Balaban J connectivity index is 2.77. The summed E-state index contributed by atoms with van der Waals surface area (Å²) in [7, 11) is 0. The number of hydrogen-bond acceptors (Lipinski definition) is 4. The smallest absolute Gasteiger partial charge is 0.410 e. The van der Waals surface area contributed by atoms with Gasteiger partial charge < -0.3 is 14.4 Å². The molecule has 1 aliphatic rings. The monoisotopic (exact) mass is 321 g/mol. The van der Waals surface area contributed by atoms with E-state index in [-0.39, 0.29) is 23.8 Å². The number of carbonyl (C=O) groups is 2. The summed E-state index contributed by atoms with van der Waals surface area (Å²) in [6.07, 6.45) is 0.465. The first-order valence-corrected chi connectivity index (χ1v) is 7.37.